The average molecular weight is 335 g/mol. The Labute approximate surface area is 125 Å². The Hall–Kier alpha value is -1.62. The molecule has 1 heterocycles. The summed E-state index contributed by atoms with van der Waals surface area (Å²) >= 11 is 3.47. The summed E-state index contributed by atoms with van der Waals surface area (Å²) in [5.41, 5.74) is 3.78. The number of fused-ring (bicyclic) bond motifs is 1. The minimum absolute atomic E-state index is 0.0143. The van der Waals surface area contributed by atoms with Gasteiger partial charge in [0.25, 0.3) is 0 Å². The van der Waals surface area contributed by atoms with Gasteiger partial charge in [0, 0.05) is 4.47 Å². The Morgan fingerprint density at radius 2 is 2.25 bits per heavy atom. The Balaban J connectivity index is 1.84. The van der Waals surface area contributed by atoms with Crippen molar-refractivity contribution in [3.05, 3.63) is 45.3 Å². The maximum atomic E-state index is 12.5. The summed E-state index contributed by atoms with van der Waals surface area (Å²) in [4.78, 5) is 12.5. The molecule has 104 valence electrons. The van der Waals surface area contributed by atoms with Crippen LogP contribution in [0, 0.1) is 13.8 Å². The SMILES string of the molecule is Cc1noc(C)c1NC(=O)C1CCc2cc(Br)ccc21. The molecule has 1 amide bonds. The molecule has 20 heavy (non-hydrogen) atoms. The van der Waals surface area contributed by atoms with E-state index >= 15 is 0 Å². The predicted octanol–water partition coefficient (Wildman–Crippen LogP) is 3.72. The lowest BCUT2D eigenvalue weighted by Gasteiger charge is -2.12. The van der Waals surface area contributed by atoms with Crippen LogP contribution >= 0.6 is 15.9 Å². The molecular weight excluding hydrogens is 320 g/mol. The van der Waals surface area contributed by atoms with Crippen molar-refractivity contribution in [1.82, 2.24) is 5.16 Å². The molecular formula is C15H15BrN2O2. The number of hydrogen-bond donors (Lipinski definition) is 1. The molecule has 2 aromatic rings. The highest BCUT2D eigenvalue weighted by Gasteiger charge is 2.29. The number of carbonyl (C=O) groups is 1. The normalized spacial score (nSPS) is 17.1. The fraction of sp³-hybridized carbons (Fsp3) is 0.333. The van der Waals surface area contributed by atoms with Crippen LogP contribution in [0.1, 0.15) is 34.9 Å². The number of anilines is 1. The zero-order chi connectivity index (χ0) is 14.3. The van der Waals surface area contributed by atoms with Gasteiger partial charge in [0.1, 0.15) is 11.4 Å². The van der Waals surface area contributed by atoms with Crippen LogP contribution in [0.15, 0.2) is 27.2 Å². The maximum absolute atomic E-state index is 12.5. The van der Waals surface area contributed by atoms with Crippen molar-refractivity contribution in [2.45, 2.75) is 32.6 Å². The lowest BCUT2D eigenvalue weighted by Crippen LogP contribution is -2.20. The zero-order valence-electron chi connectivity index (χ0n) is 11.4. The summed E-state index contributed by atoms with van der Waals surface area (Å²) in [6.45, 7) is 3.63. The van der Waals surface area contributed by atoms with Gasteiger partial charge in [-0.05, 0) is 49.9 Å². The second-order valence-electron chi connectivity index (χ2n) is 5.12. The number of nitrogens with zero attached hydrogens (tertiary/aromatic N) is 1. The predicted molar refractivity (Wildman–Crippen MR) is 79.8 cm³/mol. The monoisotopic (exact) mass is 334 g/mol. The van der Waals surface area contributed by atoms with E-state index in [9.17, 15) is 4.79 Å². The van der Waals surface area contributed by atoms with Crippen LogP contribution < -0.4 is 5.32 Å². The lowest BCUT2D eigenvalue weighted by molar-refractivity contribution is -0.117. The summed E-state index contributed by atoms with van der Waals surface area (Å²) in [5.74, 6) is 0.567. The smallest absolute Gasteiger partial charge is 0.232 e. The summed E-state index contributed by atoms with van der Waals surface area (Å²) in [6, 6.07) is 6.11. The summed E-state index contributed by atoms with van der Waals surface area (Å²) in [6.07, 6.45) is 1.79. The number of aryl methyl sites for hydroxylation is 3. The second kappa shape index (κ2) is 5.05. The van der Waals surface area contributed by atoms with E-state index in [1.54, 1.807) is 6.92 Å². The van der Waals surface area contributed by atoms with Gasteiger partial charge in [-0.2, -0.15) is 0 Å². The molecule has 4 nitrogen and oxygen atoms in total. The Bertz CT molecular complexity index is 659. The van der Waals surface area contributed by atoms with E-state index in [4.69, 9.17) is 4.52 Å². The van der Waals surface area contributed by atoms with Gasteiger partial charge < -0.3 is 9.84 Å². The second-order valence-corrected chi connectivity index (χ2v) is 6.04. The molecule has 1 N–H and O–H groups in total. The molecule has 0 fully saturated rings. The fourth-order valence-electron chi connectivity index (χ4n) is 2.73. The highest BCUT2D eigenvalue weighted by Crippen LogP contribution is 2.35. The largest absolute Gasteiger partial charge is 0.359 e. The van der Waals surface area contributed by atoms with Gasteiger partial charge in [-0.25, -0.2) is 0 Å². The molecule has 1 aliphatic carbocycles. The number of aromatic nitrogens is 1. The van der Waals surface area contributed by atoms with Crippen molar-refractivity contribution in [2.75, 3.05) is 5.32 Å². The van der Waals surface area contributed by atoms with Crippen LogP contribution in [0.4, 0.5) is 5.69 Å². The number of hydrogen-bond acceptors (Lipinski definition) is 3. The molecule has 3 rings (SSSR count). The fourth-order valence-corrected chi connectivity index (χ4v) is 3.14. The van der Waals surface area contributed by atoms with Crippen molar-refractivity contribution < 1.29 is 9.32 Å². The molecule has 1 unspecified atom stereocenters. The first-order chi connectivity index (χ1) is 9.56. The van der Waals surface area contributed by atoms with E-state index < -0.39 is 0 Å². The maximum Gasteiger partial charge on any atom is 0.232 e. The number of nitrogens with one attached hydrogen (secondary N) is 1. The first kappa shape index (κ1) is 13.4. The molecule has 0 saturated carbocycles. The molecule has 0 aliphatic heterocycles. The van der Waals surface area contributed by atoms with Gasteiger partial charge in [0.2, 0.25) is 5.91 Å². The van der Waals surface area contributed by atoms with E-state index in [0.29, 0.717) is 17.1 Å². The molecule has 0 bridgehead atoms. The van der Waals surface area contributed by atoms with Crippen molar-refractivity contribution in [3.63, 3.8) is 0 Å². The van der Waals surface area contributed by atoms with Crippen LogP contribution in [-0.2, 0) is 11.2 Å². The van der Waals surface area contributed by atoms with Crippen molar-refractivity contribution >= 4 is 27.5 Å². The minimum Gasteiger partial charge on any atom is -0.359 e. The van der Waals surface area contributed by atoms with Crippen molar-refractivity contribution in [2.24, 2.45) is 0 Å². The Morgan fingerprint density at radius 1 is 1.45 bits per heavy atom. The number of rotatable bonds is 2. The van der Waals surface area contributed by atoms with Crippen LogP contribution in [0.2, 0.25) is 0 Å². The zero-order valence-corrected chi connectivity index (χ0v) is 13.0. The van der Waals surface area contributed by atoms with Crippen LogP contribution in [0.3, 0.4) is 0 Å². The molecule has 1 atom stereocenters. The third-order valence-electron chi connectivity index (χ3n) is 3.78. The molecule has 1 aromatic heterocycles. The standard InChI is InChI=1S/C15H15BrN2O2/c1-8-14(9(2)20-18-8)17-15(19)13-5-3-10-7-11(16)4-6-12(10)13/h4,6-7,13H,3,5H2,1-2H3,(H,17,19). The van der Waals surface area contributed by atoms with E-state index in [2.05, 4.69) is 32.5 Å². The highest BCUT2D eigenvalue weighted by atomic mass is 79.9. The van der Waals surface area contributed by atoms with E-state index in [1.165, 1.54) is 5.56 Å². The molecule has 1 aromatic carbocycles. The quantitative estimate of drug-likeness (QED) is 0.910. The van der Waals surface area contributed by atoms with Gasteiger partial charge in [0.15, 0.2) is 5.76 Å². The van der Waals surface area contributed by atoms with Crippen molar-refractivity contribution in [3.8, 4) is 0 Å². The number of halogens is 1. The minimum atomic E-state index is -0.0909. The third-order valence-corrected chi connectivity index (χ3v) is 4.27. The number of carbonyl (C=O) groups excluding carboxylic acids is 1. The van der Waals surface area contributed by atoms with Gasteiger partial charge >= 0.3 is 0 Å². The van der Waals surface area contributed by atoms with Gasteiger partial charge in [-0.3, -0.25) is 4.79 Å². The van der Waals surface area contributed by atoms with Gasteiger partial charge in [-0.1, -0.05) is 27.2 Å². The highest BCUT2D eigenvalue weighted by molar-refractivity contribution is 9.10. The number of amides is 1. The lowest BCUT2D eigenvalue weighted by atomic mass is 10.0. The summed E-state index contributed by atoms with van der Waals surface area (Å²) in [7, 11) is 0. The molecule has 5 heteroatoms. The molecule has 0 radical (unpaired) electrons. The van der Waals surface area contributed by atoms with Crippen LogP contribution in [0.5, 0.6) is 0 Å². The summed E-state index contributed by atoms with van der Waals surface area (Å²) in [5, 5.41) is 6.80. The third kappa shape index (κ3) is 2.26. The topological polar surface area (TPSA) is 55.1 Å². The van der Waals surface area contributed by atoms with Crippen LogP contribution in [0.25, 0.3) is 0 Å². The first-order valence-electron chi connectivity index (χ1n) is 6.58. The van der Waals surface area contributed by atoms with E-state index in [0.717, 1.165) is 22.9 Å². The van der Waals surface area contributed by atoms with Gasteiger partial charge in [0.05, 0.1) is 5.92 Å². The number of benzene rings is 1. The Morgan fingerprint density at radius 3 is 2.95 bits per heavy atom. The molecule has 0 saturated heterocycles. The van der Waals surface area contributed by atoms with E-state index in [1.807, 2.05) is 19.1 Å². The average Bonchev–Trinajstić information content (AvgIpc) is 2.96. The molecule has 0 spiro atoms. The first-order valence-corrected chi connectivity index (χ1v) is 7.37. The van der Waals surface area contributed by atoms with Crippen molar-refractivity contribution in [1.29, 1.82) is 0 Å². The Kier molecular flexibility index (Phi) is 3.38. The van der Waals surface area contributed by atoms with Gasteiger partial charge in [-0.15, -0.1) is 0 Å². The summed E-state index contributed by atoms with van der Waals surface area (Å²) < 4.78 is 6.13. The molecule has 1 aliphatic rings. The van der Waals surface area contributed by atoms with Crippen LogP contribution in [-0.4, -0.2) is 11.1 Å². The van der Waals surface area contributed by atoms with E-state index in [-0.39, 0.29) is 11.8 Å².